The number of carbonyl (C=O) groups excluding carboxylic acids is 1. The highest BCUT2D eigenvalue weighted by molar-refractivity contribution is 5.70. The molecule has 2 rings (SSSR count). The third-order valence-electron chi connectivity index (χ3n) is 2.47. The molecule has 1 saturated heterocycles. The first-order valence-corrected chi connectivity index (χ1v) is 5.23. The third kappa shape index (κ3) is 2.68. The van der Waals surface area contributed by atoms with E-state index in [0.29, 0.717) is 5.75 Å². The maximum atomic E-state index is 11.7. The molecule has 1 fully saturated rings. The van der Waals surface area contributed by atoms with Gasteiger partial charge in [0, 0.05) is 25.5 Å². The van der Waals surface area contributed by atoms with Crippen LogP contribution >= 0.6 is 0 Å². The van der Waals surface area contributed by atoms with Gasteiger partial charge in [0.15, 0.2) is 0 Å². The minimum atomic E-state index is -0.249. The fourth-order valence-electron chi connectivity index (χ4n) is 1.65. The fraction of sp³-hybridized carbons (Fsp3) is 0.455. The molecule has 0 aliphatic carbocycles. The lowest BCUT2D eigenvalue weighted by Gasteiger charge is -2.25. The predicted octanol–water partition coefficient (Wildman–Crippen LogP) is 2.07. The summed E-state index contributed by atoms with van der Waals surface area (Å²) in [4.78, 5) is 17.3. The fourth-order valence-corrected chi connectivity index (χ4v) is 1.65. The molecule has 0 spiro atoms. The molecule has 1 aliphatic rings. The predicted molar refractivity (Wildman–Crippen MR) is 55.7 cm³/mol. The van der Waals surface area contributed by atoms with Gasteiger partial charge in [-0.3, -0.25) is 4.98 Å². The number of hydrogen-bond acceptors (Lipinski definition) is 3. The molecular weight excluding hydrogens is 192 g/mol. The molecule has 0 atom stereocenters. The van der Waals surface area contributed by atoms with Crippen LogP contribution in [-0.4, -0.2) is 29.1 Å². The zero-order valence-electron chi connectivity index (χ0n) is 8.56. The molecule has 4 nitrogen and oxygen atoms in total. The van der Waals surface area contributed by atoms with Gasteiger partial charge in [-0.25, -0.2) is 4.79 Å². The Bertz CT molecular complexity index is 321. The molecule has 0 unspecified atom stereocenters. The minimum Gasteiger partial charge on any atom is -0.410 e. The summed E-state index contributed by atoms with van der Waals surface area (Å²) in [5, 5.41) is 0. The molecule has 4 heteroatoms. The Morgan fingerprint density at radius 2 is 1.87 bits per heavy atom. The zero-order valence-corrected chi connectivity index (χ0v) is 8.56. The van der Waals surface area contributed by atoms with Gasteiger partial charge >= 0.3 is 6.09 Å². The van der Waals surface area contributed by atoms with Crippen LogP contribution in [0.25, 0.3) is 0 Å². The third-order valence-corrected chi connectivity index (χ3v) is 2.47. The molecule has 0 saturated carbocycles. The summed E-state index contributed by atoms with van der Waals surface area (Å²) < 4.78 is 5.20. The number of pyridine rings is 1. The van der Waals surface area contributed by atoms with Crippen LogP contribution in [0.3, 0.4) is 0 Å². The highest BCUT2D eigenvalue weighted by Gasteiger charge is 2.17. The lowest BCUT2D eigenvalue weighted by Crippen LogP contribution is -2.37. The van der Waals surface area contributed by atoms with Crippen molar-refractivity contribution >= 4 is 6.09 Å². The molecule has 1 amide bonds. The smallest absolute Gasteiger partial charge is 0.410 e. The van der Waals surface area contributed by atoms with Gasteiger partial charge in [-0.05, 0) is 31.4 Å². The van der Waals surface area contributed by atoms with Crippen molar-refractivity contribution in [2.75, 3.05) is 13.1 Å². The molecule has 2 heterocycles. The van der Waals surface area contributed by atoms with Crippen LogP contribution in [0.4, 0.5) is 4.79 Å². The van der Waals surface area contributed by atoms with Crippen LogP contribution in [0.2, 0.25) is 0 Å². The second-order valence-corrected chi connectivity index (χ2v) is 3.60. The lowest BCUT2D eigenvalue weighted by molar-refractivity contribution is 0.142. The summed E-state index contributed by atoms with van der Waals surface area (Å²) in [6, 6.07) is 3.36. The summed E-state index contributed by atoms with van der Waals surface area (Å²) >= 11 is 0. The number of likely N-dealkylation sites (tertiary alicyclic amines) is 1. The molecule has 1 aromatic heterocycles. The van der Waals surface area contributed by atoms with Gasteiger partial charge in [0.05, 0.1) is 0 Å². The van der Waals surface area contributed by atoms with E-state index in [1.54, 1.807) is 29.4 Å². The van der Waals surface area contributed by atoms with E-state index in [9.17, 15) is 4.79 Å². The van der Waals surface area contributed by atoms with Crippen LogP contribution in [-0.2, 0) is 0 Å². The molecule has 0 aromatic carbocycles. The van der Waals surface area contributed by atoms with Gasteiger partial charge in [-0.15, -0.1) is 0 Å². The number of piperidine rings is 1. The van der Waals surface area contributed by atoms with Crippen molar-refractivity contribution in [3.63, 3.8) is 0 Å². The van der Waals surface area contributed by atoms with Crippen molar-refractivity contribution in [1.29, 1.82) is 0 Å². The van der Waals surface area contributed by atoms with E-state index in [-0.39, 0.29) is 6.09 Å². The van der Waals surface area contributed by atoms with Crippen molar-refractivity contribution in [2.45, 2.75) is 19.3 Å². The van der Waals surface area contributed by atoms with Crippen molar-refractivity contribution in [2.24, 2.45) is 0 Å². The van der Waals surface area contributed by atoms with Crippen LogP contribution in [0.5, 0.6) is 5.75 Å². The number of amides is 1. The van der Waals surface area contributed by atoms with Crippen molar-refractivity contribution in [3.05, 3.63) is 24.5 Å². The summed E-state index contributed by atoms with van der Waals surface area (Å²) in [6.07, 6.45) is 6.33. The van der Waals surface area contributed by atoms with Crippen molar-refractivity contribution in [1.82, 2.24) is 9.88 Å². The zero-order chi connectivity index (χ0) is 10.5. The lowest BCUT2D eigenvalue weighted by atomic mass is 10.1. The molecule has 1 aromatic rings. The molecule has 80 valence electrons. The number of aromatic nitrogens is 1. The largest absolute Gasteiger partial charge is 0.415 e. The highest BCUT2D eigenvalue weighted by atomic mass is 16.6. The minimum absolute atomic E-state index is 0.249. The standard InChI is InChI=1S/C11H14N2O2/c14-11(13-8-2-1-3-9-13)15-10-4-6-12-7-5-10/h4-7H,1-3,8-9H2. The second kappa shape index (κ2) is 4.77. The van der Waals surface area contributed by atoms with Gasteiger partial charge in [0.1, 0.15) is 5.75 Å². The van der Waals surface area contributed by atoms with E-state index in [4.69, 9.17) is 4.74 Å². The van der Waals surface area contributed by atoms with Gasteiger partial charge in [0.2, 0.25) is 0 Å². The van der Waals surface area contributed by atoms with Gasteiger partial charge in [0.25, 0.3) is 0 Å². The Balaban J connectivity index is 1.91. The number of hydrogen-bond donors (Lipinski definition) is 0. The van der Waals surface area contributed by atoms with E-state index in [2.05, 4.69) is 4.98 Å². The highest BCUT2D eigenvalue weighted by Crippen LogP contribution is 2.13. The molecule has 0 radical (unpaired) electrons. The Kier molecular flexibility index (Phi) is 3.17. The SMILES string of the molecule is O=C(Oc1ccncc1)N1CCCCC1. The van der Waals surface area contributed by atoms with Gasteiger partial charge in [-0.2, -0.15) is 0 Å². The maximum Gasteiger partial charge on any atom is 0.415 e. The number of rotatable bonds is 1. The van der Waals surface area contributed by atoms with E-state index < -0.39 is 0 Å². The second-order valence-electron chi connectivity index (χ2n) is 3.60. The van der Waals surface area contributed by atoms with Crippen LogP contribution < -0.4 is 4.74 Å². The maximum absolute atomic E-state index is 11.7. The van der Waals surface area contributed by atoms with Gasteiger partial charge < -0.3 is 9.64 Å². The Hall–Kier alpha value is -1.58. The van der Waals surface area contributed by atoms with Crippen LogP contribution in [0.1, 0.15) is 19.3 Å². The number of nitrogens with zero attached hydrogens (tertiary/aromatic N) is 2. The van der Waals surface area contributed by atoms with Gasteiger partial charge in [-0.1, -0.05) is 0 Å². The van der Waals surface area contributed by atoms with E-state index in [1.807, 2.05) is 0 Å². The first kappa shape index (κ1) is 9.96. The normalized spacial score (nSPS) is 16.1. The quantitative estimate of drug-likeness (QED) is 0.706. The number of ether oxygens (including phenoxy) is 1. The Labute approximate surface area is 88.9 Å². The average molecular weight is 206 g/mol. The van der Waals surface area contributed by atoms with E-state index in [1.165, 1.54) is 6.42 Å². The molecule has 0 bridgehead atoms. The Morgan fingerprint density at radius 1 is 1.20 bits per heavy atom. The summed E-state index contributed by atoms with van der Waals surface area (Å²) in [5.74, 6) is 0.556. The topological polar surface area (TPSA) is 42.4 Å². The average Bonchev–Trinajstić information content (AvgIpc) is 2.31. The van der Waals surface area contributed by atoms with Crippen LogP contribution in [0.15, 0.2) is 24.5 Å². The first-order chi connectivity index (χ1) is 7.36. The molecule has 15 heavy (non-hydrogen) atoms. The van der Waals surface area contributed by atoms with E-state index >= 15 is 0 Å². The van der Waals surface area contributed by atoms with E-state index in [0.717, 1.165) is 25.9 Å². The molecule has 0 N–H and O–H groups in total. The summed E-state index contributed by atoms with van der Waals surface area (Å²) in [6.45, 7) is 1.62. The monoisotopic (exact) mass is 206 g/mol. The Morgan fingerprint density at radius 3 is 2.53 bits per heavy atom. The first-order valence-electron chi connectivity index (χ1n) is 5.23. The summed E-state index contributed by atoms with van der Waals surface area (Å²) in [5.41, 5.74) is 0. The molecular formula is C11H14N2O2. The van der Waals surface area contributed by atoms with Crippen molar-refractivity contribution < 1.29 is 9.53 Å². The van der Waals surface area contributed by atoms with Crippen molar-refractivity contribution in [3.8, 4) is 5.75 Å². The number of carbonyl (C=O) groups is 1. The summed E-state index contributed by atoms with van der Waals surface area (Å²) in [7, 11) is 0. The van der Waals surface area contributed by atoms with Crippen LogP contribution in [0, 0.1) is 0 Å². The molecule has 1 aliphatic heterocycles.